The molecule has 0 fully saturated rings. The molecule has 0 aliphatic heterocycles. The number of anilines is 1. The number of benzene rings is 3. The molecule has 0 aromatic heterocycles. The van der Waals surface area contributed by atoms with Gasteiger partial charge in [-0.15, -0.1) is 0 Å². The highest BCUT2D eigenvalue weighted by Gasteiger charge is 2.18. The van der Waals surface area contributed by atoms with Gasteiger partial charge in [-0.2, -0.15) is 0 Å². The second-order valence-corrected chi connectivity index (χ2v) is 8.75. The van der Waals surface area contributed by atoms with Gasteiger partial charge in [-0.1, -0.05) is 75.4 Å². The van der Waals surface area contributed by atoms with Crippen molar-refractivity contribution in [1.29, 1.82) is 0 Å². The number of hydrogen-bond donors (Lipinski definition) is 1. The molecule has 1 N–H and O–H groups in total. The summed E-state index contributed by atoms with van der Waals surface area (Å²) in [5.74, 6) is 0.316. The summed E-state index contributed by atoms with van der Waals surface area (Å²) in [5.41, 5.74) is 3.87. The van der Waals surface area contributed by atoms with Crippen molar-refractivity contribution in [2.24, 2.45) is 0 Å². The number of ketones is 1. The molecule has 4 heteroatoms. The monoisotopic (exact) mass is 415 g/mol. The minimum atomic E-state index is -0.676. The molecule has 0 saturated heterocycles. The highest BCUT2D eigenvalue weighted by molar-refractivity contribution is 6.09. The molecule has 1 atom stereocenters. The van der Waals surface area contributed by atoms with Gasteiger partial charge in [0.2, 0.25) is 0 Å². The lowest BCUT2D eigenvalue weighted by molar-refractivity contribution is -0.122. The summed E-state index contributed by atoms with van der Waals surface area (Å²) in [6.45, 7) is 10.1. The molecule has 3 aromatic rings. The van der Waals surface area contributed by atoms with Gasteiger partial charge in [0.25, 0.3) is 5.91 Å². The third kappa shape index (κ3) is 5.60. The summed E-state index contributed by atoms with van der Waals surface area (Å²) >= 11 is 0. The summed E-state index contributed by atoms with van der Waals surface area (Å²) in [6.07, 6.45) is -0.676. The Labute approximate surface area is 184 Å². The molecule has 0 unspecified atom stereocenters. The quantitative estimate of drug-likeness (QED) is 0.508. The largest absolute Gasteiger partial charge is 0.481 e. The van der Waals surface area contributed by atoms with Crippen LogP contribution in [0.3, 0.4) is 0 Å². The molecule has 31 heavy (non-hydrogen) atoms. The number of ether oxygens (including phenoxy) is 1. The van der Waals surface area contributed by atoms with Gasteiger partial charge >= 0.3 is 0 Å². The smallest absolute Gasteiger partial charge is 0.265 e. The summed E-state index contributed by atoms with van der Waals surface area (Å²) in [5, 5.41) is 2.84. The average molecular weight is 416 g/mol. The SMILES string of the molecule is Cc1ccccc1O[C@@H](C)C(=O)Nc1cccc(C(=O)c2ccc(C(C)(C)C)cc2)c1. The lowest BCUT2D eigenvalue weighted by Crippen LogP contribution is -2.30. The molecule has 0 spiro atoms. The van der Waals surface area contributed by atoms with E-state index in [4.69, 9.17) is 4.74 Å². The third-order valence-corrected chi connectivity index (χ3v) is 5.17. The van der Waals surface area contributed by atoms with Gasteiger partial charge in [-0.3, -0.25) is 9.59 Å². The second-order valence-electron chi connectivity index (χ2n) is 8.75. The summed E-state index contributed by atoms with van der Waals surface area (Å²) in [7, 11) is 0. The van der Waals surface area contributed by atoms with Crippen LogP contribution in [0, 0.1) is 6.92 Å². The van der Waals surface area contributed by atoms with Crippen molar-refractivity contribution >= 4 is 17.4 Å². The zero-order chi connectivity index (χ0) is 22.6. The molecule has 0 aliphatic carbocycles. The minimum Gasteiger partial charge on any atom is -0.481 e. The van der Waals surface area contributed by atoms with Crippen LogP contribution in [0.25, 0.3) is 0 Å². The molecule has 0 heterocycles. The van der Waals surface area contributed by atoms with E-state index < -0.39 is 6.10 Å². The Morgan fingerprint density at radius 3 is 2.19 bits per heavy atom. The second kappa shape index (κ2) is 9.17. The zero-order valence-corrected chi connectivity index (χ0v) is 18.7. The van der Waals surface area contributed by atoms with Gasteiger partial charge < -0.3 is 10.1 Å². The van der Waals surface area contributed by atoms with Crippen LogP contribution in [0.2, 0.25) is 0 Å². The maximum atomic E-state index is 12.9. The maximum absolute atomic E-state index is 12.9. The number of carbonyl (C=O) groups is 2. The van der Waals surface area contributed by atoms with Gasteiger partial charge in [-0.05, 0) is 48.6 Å². The van der Waals surface area contributed by atoms with E-state index in [1.807, 2.05) is 55.5 Å². The van der Waals surface area contributed by atoms with Crippen LogP contribution in [-0.4, -0.2) is 17.8 Å². The van der Waals surface area contributed by atoms with E-state index >= 15 is 0 Å². The highest BCUT2D eigenvalue weighted by Crippen LogP contribution is 2.24. The van der Waals surface area contributed by atoms with Crippen molar-refractivity contribution < 1.29 is 14.3 Å². The number of rotatable bonds is 6. The number of para-hydroxylation sites is 1. The molecule has 0 aliphatic rings. The lowest BCUT2D eigenvalue weighted by atomic mass is 9.86. The number of aryl methyl sites for hydroxylation is 1. The Morgan fingerprint density at radius 2 is 1.55 bits per heavy atom. The van der Waals surface area contributed by atoms with E-state index in [1.54, 1.807) is 31.2 Å². The van der Waals surface area contributed by atoms with Crippen LogP contribution in [0.5, 0.6) is 5.75 Å². The summed E-state index contributed by atoms with van der Waals surface area (Å²) < 4.78 is 5.79. The fraction of sp³-hybridized carbons (Fsp3) is 0.259. The van der Waals surface area contributed by atoms with Gasteiger partial charge in [0, 0.05) is 16.8 Å². The van der Waals surface area contributed by atoms with Crippen molar-refractivity contribution in [3.05, 3.63) is 95.1 Å². The normalized spacial score (nSPS) is 12.2. The van der Waals surface area contributed by atoms with Crippen molar-refractivity contribution in [3.63, 3.8) is 0 Å². The van der Waals surface area contributed by atoms with E-state index in [2.05, 4.69) is 26.1 Å². The van der Waals surface area contributed by atoms with Crippen LogP contribution in [0.15, 0.2) is 72.8 Å². The first-order valence-electron chi connectivity index (χ1n) is 10.4. The molecule has 0 radical (unpaired) electrons. The van der Waals surface area contributed by atoms with E-state index in [9.17, 15) is 9.59 Å². The first-order chi connectivity index (χ1) is 14.6. The summed E-state index contributed by atoms with van der Waals surface area (Å²) in [6, 6.07) is 22.2. The van der Waals surface area contributed by atoms with Crippen LogP contribution < -0.4 is 10.1 Å². The first kappa shape index (κ1) is 22.3. The van der Waals surface area contributed by atoms with Crippen LogP contribution in [0.1, 0.15) is 54.7 Å². The Kier molecular flexibility index (Phi) is 6.59. The molecule has 4 nitrogen and oxygen atoms in total. The Bertz CT molecular complexity index is 1080. The predicted octanol–water partition coefficient (Wildman–Crippen LogP) is 5.93. The van der Waals surface area contributed by atoms with E-state index in [0.29, 0.717) is 22.6 Å². The fourth-order valence-electron chi connectivity index (χ4n) is 3.20. The highest BCUT2D eigenvalue weighted by atomic mass is 16.5. The summed E-state index contributed by atoms with van der Waals surface area (Å²) in [4.78, 5) is 25.5. The molecule has 3 rings (SSSR count). The van der Waals surface area contributed by atoms with Gasteiger partial charge in [0.05, 0.1) is 0 Å². The number of carbonyl (C=O) groups excluding carboxylic acids is 2. The average Bonchev–Trinajstić information content (AvgIpc) is 2.74. The van der Waals surface area contributed by atoms with Crippen molar-refractivity contribution in [1.82, 2.24) is 0 Å². The van der Waals surface area contributed by atoms with Gasteiger partial charge in [0.15, 0.2) is 11.9 Å². The Morgan fingerprint density at radius 1 is 0.871 bits per heavy atom. The Balaban J connectivity index is 1.70. The van der Waals surface area contributed by atoms with E-state index in [0.717, 1.165) is 5.56 Å². The number of amides is 1. The van der Waals surface area contributed by atoms with Crippen LogP contribution in [-0.2, 0) is 10.2 Å². The minimum absolute atomic E-state index is 0.0306. The van der Waals surface area contributed by atoms with Crippen LogP contribution >= 0.6 is 0 Å². The fourth-order valence-corrected chi connectivity index (χ4v) is 3.20. The molecule has 160 valence electrons. The predicted molar refractivity (Wildman–Crippen MR) is 125 cm³/mol. The lowest BCUT2D eigenvalue weighted by Gasteiger charge is -2.19. The van der Waals surface area contributed by atoms with Crippen molar-refractivity contribution in [2.45, 2.75) is 46.1 Å². The van der Waals surface area contributed by atoms with E-state index in [1.165, 1.54) is 5.56 Å². The number of hydrogen-bond acceptors (Lipinski definition) is 3. The third-order valence-electron chi connectivity index (χ3n) is 5.17. The molecular formula is C27H29NO3. The molecule has 0 saturated carbocycles. The van der Waals surface area contributed by atoms with E-state index in [-0.39, 0.29) is 17.1 Å². The van der Waals surface area contributed by atoms with Crippen molar-refractivity contribution in [2.75, 3.05) is 5.32 Å². The zero-order valence-electron chi connectivity index (χ0n) is 18.7. The maximum Gasteiger partial charge on any atom is 0.265 e. The van der Waals surface area contributed by atoms with Gasteiger partial charge in [0.1, 0.15) is 5.75 Å². The molecule has 3 aromatic carbocycles. The topological polar surface area (TPSA) is 55.4 Å². The Hall–Kier alpha value is -3.40. The molecule has 1 amide bonds. The van der Waals surface area contributed by atoms with Crippen LogP contribution in [0.4, 0.5) is 5.69 Å². The molecular weight excluding hydrogens is 386 g/mol. The van der Waals surface area contributed by atoms with Crippen molar-refractivity contribution in [3.8, 4) is 5.75 Å². The molecule has 0 bridgehead atoms. The number of nitrogens with one attached hydrogen (secondary N) is 1. The van der Waals surface area contributed by atoms with Gasteiger partial charge in [-0.25, -0.2) is 0 Å². The first-order valence-corrected chi connectivity index (χ1v) is 10.4. The standard InChI is InChI=1S/C27H29NO3/c1-18-9-6-7-12-24(18)31-19(2)26(30)28-23-11-8-10-21(17-23)25(29)20-13-15-22(16-14-20)27(3,4)5/h6-17,19H,1-5H3,(H,28,30)/t19-/m0/s1.